The molecule has 1 amide bonds. The van der Waals surface area contributed by atoms with E-state index in [1.54, 1.807) is 13.2 Å². The Bertz CT molecular complexity index is 609. The van der Waals surface area contributed by atoms with Crippen molar-refractivity contribution in [2.24, 2.45) is 5.92 Å². The highest BCUT2D eigenvalue weighted by molar-refractivity contribution is 5.92. The second-order valence-electron chi connectivity index (χ2n) is 6.52. The summed E-state index contributed by atoms with van der Waals surface area (Å²) in [5.41, 5.74) is 2.14. The Balaban J connectivity index is 2.01. The molecule has 0 spiro atoms. The Morgan fingerprint density at radius 2 is 2.00 bits per heavy atom. The molecule has 0 atom stereocenters. The number of hydrogen-bond acceptors (Lipinski definition) is 3. The minimum absolute atomic E-state index is 0.0431. The van der Waals surface area contributed by atoms with Gasteiger partial charge in [-0.25, -0.2) is 0 Å². The molecule has 1 aliphatic rings. The first-order chi connectivity index (χ1) is 11.5. The van der Waals surface area contributed by atoms with Crippen LogP contribution in [0.25, 0.3) is 6.08 Å². The average molecular weight is 329 g/mol. The van der Waals surface area contributed by atoms with Gasteiger partial charge in [0.1, 0.15) is 0 Å². The van der Waals surface area contributed by atoms with Crippen molar-refractivity contribution in [1.29, 1.82) is 0 Å². The van der Waals surface area contributed by atoms with Gasteiger partial charge in [-0.05, 0) is 42.5 Å². The normalized spacial score (nSPS) is 15.2. The third kappa shape index (κ3) is 5.15. The van der Waals surface area contributed by atoms with Crippen molar-refractivity contribution in [3.8, 4) is 11.5 Å². The summed E-state index contributed by atoms with van der Waals surface area (Å²) in [5.74, 6) is 1.90. The molecule has 4 heteroatoms. The SMILES string of the molecule is C=C1CCN(C(=O)/C=C/c2ccc(OCC(C)C)c(OC)c2)CC1. The number of likely N-dealkylation sites (tertiary alicyclic amines) is 1. The maximum absolute atomic E-state index is 12.2. The van der Waals surface area contributed by atoms with Crippen molar-refractivity contribution >= 4 is 12.0 Å². The quantitative estimate of drug-likeness (QED) is 0.586. The Kier molecular flexibility index (Phi) is 6.47. The van der Waals surface area contributed by atoms with Gasteiger partial charge in [-0.1, -0.05) is 32.1 Å². The molecule has 4 nitrogen and oxygen atoms in total. The predicted octanol–water partition coefficient (Wildman–Crippen LogP) is 3.92. The number of piperidine rings is 1. The van der Waals surface area contributed by atoms with Gasteiger partial charge < -0.3 is 14.4 Å². The second kappa shape index (κ2) is 8.57. The van der Waals surface area contributed by atoms with E-state index in [4.69, 9.17) is 9.47 Å². The van der Waals surface area contributed by atoms with E-state index in [0.717, 1.165) is 37.2 Å². The van der Waals surface area contributed by atoms with Gasteiger partial charge in [-0.3, -0.25) is 4.79 Å². The zero-order chi connectivity index (χ0) is 17.5. The molecule has 0 N–H and O–H groups in total. The first-order valence-electron chi connectivity index (χ1n) is 8.44. The summed E-state index contributed by atoms with van der Waals surface area (Å²) in [5, 5.41) is 0. The monoisotopic (exact) mass is 329 g/mol. The van der Waals surface area contributed by atoms with E-state index in [9.17, 15) is 4.79 Å². The third-order valence-corrected chi connectivity index (χ3v) is 3.96. The van der Waals surface area contributed by atoms with Crippen LogP contribution in [0.5, 0.6) is 11.5 Å². The lowest BCUT2D eigenvalue weighted by atomic mass is 10.1. The smallest absolute Gasteiger partial charge is 0.246 e. The number of carbonyl (C=O) groups is 1. The molecule has 1 aliphatic heterocycles. The Morgan fingerprint density at radius 1 is 1.29 bits per heavy atom. The Morgan fingerprint density at radius 3 is 2.62 bits per heavy atom. The Hall–Kier alpha value is -2.23. The third-order valence-electron chi connectivity index (χ3n) is 3.96. The van der Waals surface area contributed by atoms with Crippen molar-refractivity contribution in [2.45, 2.75) is 26.7 Å². The van der Waals surface area contributed by atoms with Gasteiger partial charge in [0.25, 0.3) is 0 Å². The van der Waals surface area contributed by atoms with Gasteiger partial charge in [0, 0.05) is 19.2 Å². The van der Waals surface area contributed by atoms with Crippen LogP contribution in [0.1, 0.15) is 32.3 Å². The number of benzene rings is 1. The highest BCUT2D eigenvalue weighted by Crippen LogP contribution is 2.29. The van der Waals surface area contributed by atoms with Crippen LogP contribution in [0.2, 0.25) is 0 Å². The molecule has 0 unspecified atom stereocenters. The van der Waals surface area contributed by atoms with Crippen LogP contribution in [0.3, 0.4) is 0 Å². The fraction of sp³-hybridized carbons (Fsp3) is 0.450. The van der Waals surface area contributed by atoms with E-state index in [-0.39, 0.29) is 5.91 Å². The second-order valence-corrected chi connectivity index (χ2v) is 6.52. The molecular formula is C20H27NO3. The van der Waals surface area contributed by atoms with Crippen LogP contribution in [-0.2, 0) is 4.79 Å². The number of amides is 1. The van der Waals surface area contributed by atoms with E-state index in [0.29, 0.717) is 18.3 Å². The van der Waals surface area contributed by atoms with Crippen LogP contribution in [0.4, 0.5) is 0 Å². The van der Waals surface area contributed by atoms with E-state index in [1.807, 2.05) is 29.2 Å². The molecule has 1 fully saturated rings. The topological polar surface area (TPSA) is 38.8 Å². The van der Waals surface area contributed by atoms with Crippen LogP contribution < -0.4 is 9.47 Å². The molecule has 0 aromatic heterocycles. The molecule has 1 heterocycles. The Labute approximate surface area is 144 Å². The fourth-order valence-electron chi connectivity index (χ4n) is 2.48. The molecule has 2 rings (SSSR count). The molecule has 1 aromatic carbocycles. The standard InChI is InChI=1S/C20H27NO3/c1-15(2)14-24-18-7-5-17(13-19(18)23-4)6-8-20(22)21-11-9-16(3)10-12-21/h5-8,13,15H,3,9-12,14H2,1-2,4H3/b8-6+. The summed E-state index contributed by atoms with van der Waals surface area (Å²) in [4.78, 5) is 14.1. The van der Waals surface area contributed by atoms with Crippen molar-refractivity contribution in [3.05, 3.63) is 42.0 Å². The van der Waals surface area contributed by atoms with E-state index < -0.39 is 0 Å². The number of hydrogen-bond donors (Lipinski definition) is 0. The van der Waals surface area contributed by atoms with Crippen LogP contribution in [0, 0.1) is 5.92 Å². The lowest BCUT2D eigenvalue weighted by Gasteiger charge is -2.26. The van der Waals surface area contributed by atoms with Gasteiger partial charge in [0.15, 0.2) is 11.5 Å². The number of carbonyl (C=O) groups excluding carboxylic acids is 1. The maximum Gasteiger partial charge on any atom is 0.246 e. The summed E-state index contributed by atoms with van der Waals surface area (Å²) >= 11 is 0. The lowest BCUT2D eigenvalue weighted by molar-refractivity contribution is -0.126. The maximum atomic E-state index is 12.2. The number of nitrogens with zero attached hydrogens (tertiary/aromatic N) is 1. The summed E-state index contributed by atoms with van der Waals surface area (Å²) in [7, 11) is 1.62. The molecule has 24 heavy (non-hydrogen) atoms. The molecule has 0 aliphatic carbocycles. The minimum atomic E-state index is 0.0431. The molecule has 1 aromatic rings. The van der Waals surface area contributed by atoms with Crippen molar-refractivity contribution in [2.75, 3.05) is 26.8 Å². The average Bonchev–Trinajstić information content (AvgIpc) is 2.58. The van der Waals surface area contributed by atoms with Crippen molar-refractivity contribution < 1.29 is 14.3 Å². The van der Waals surface area contributed by atoms with E-state index in [2.05, 4.69) is 20.4 Å². The van der Waals surface area contributed by atoms with Crippen molar-refractivity contribution in [3.63, 3.8) is 0 Å². The van der Waals surface area contributed by atoms with Crippen LogP contribution in [-0.4, -0.2) is 37.6 Å². The van der Waals surface area contributed by atoms with Gasteiger partial charge in [0.05, 0.1) is 13.7 Å². The van der Waals surface area contributed by atoms with E-state index >= 15 is 0 Å². The lowest BCUT2D eigenvalue weighted by Crippen LogP contribution is -2.34. The molecule has 0 bridgehead atoms. The van der Waals surface area contributed by atoms with Crippen LogP contribution >= 0.6 is 0 Å². The van der Waals surface area contributed by atoms with Crippen LogP contribution in [0.15, 0.2) is 36.4 Å². The van der Waals surface area contributed by atoms with Gasteiger partial charge in [0.2, 0.25) is 5.91 Å². The first kappa shape index (κ1) is 18.1. The summed E-state index contributed by atoms with van der Waals surface area (Å²) in [6.45, 7) is 10.3. The minimum Gasteiger partial charge on any atom is -0.493 e. The zero-order valence-electron chi connectivity index (χ0n) is 14.9. The largest absolute Gasteiger partial charge is 0.493 e. The van der Waals surface area contributed by atoms with Gasteiger partial charge in [-0.15, -0.1) is 0 Å². The first-order valence-corrected chi connectivity index (χ1v) is 8.44. The highest BCUT2D eigenvalue weighted by atomic mass is 16.5. The molecular weight excluding hydrogens is 302 g/mol. The molecule has 130 valence electrons. The summed E-state index contributed by atoms with van der Waals surface area (Å²) < 4.78 is 11.1. The van der Waals surface area contributed by atoms with Gasteiger partial charge >= 0.3 is 0 Å². The number of methoxy groups -OCH3 is 1. The fourth-order valence-corrected chi connectivity index (χ4v) is 2.48. The molecule has 1 saturated heterocycles. The van der Waals surface area contributed by atoms with E-state index in [1.165, 1.54) is 5.57 Å². The summed E-state index contributed by atoms with van der Waals surface area (Å²) in [6, 6.07) is 5.70. The zero-order valence-corrected chi connectivity index (χ0v) is 14.9. The molecule has 0 radical (unpaired) electrons. The number of ether oxygens (including phenoxy) is 2. The molecule has 0 saturated carbocycles. The summed E-state index contributed by atoms with van der Waals surface area (Å²) in [6.07, 6.45) is 5.24. The predicted molar refractivity (Wildman–Crippen MR) is 97.3 cm³/mol. The number of rotatable bonds is 6. The van der Waals surface area contributed by atoms with Gasteiger partial charge in [-0.2, -0.15) is 0 Å². The highest BCUT2D eigenvalue weighted by Gasteiger charge is 2.15. The van der Waals surface area contributed by atoms with Crippen molar-refractivity contribution in [1.82, 2.24) is 4.90 Å².